The molecule has 2 heterocycles. The molecule has 134 valence electrons. The number of hydrogen-bond acceptors (Lipinski definition) is 4. The summed E-state index contributed by atoms with van der Waals surface area (Å²) in [6.45, 7) is 4.07. The third kappa shape index (κ3) is 3.14. The van der Waals surface area contributed by atoms with Crippen molar-refractivity contribution in [1.29, 1.82) is 0 Å². The van der Waals surface area contributed by atoms with Gasteiger partial charge in [0.25, 0.3) is 5.91 Å². The molecule has 1 fully saturated rings. The van der Waals surface area contributed by atoms with E-state index in [1.165, 1.54) is 6.07 Å². The van der Waals surface area contributed by atoms with E-state index < -0.39 is 0 Å². The third-order valence-electron chi connectivity index (χ3n) is 4.84. The normalized spacial score (nSPS) is 17.4. The van der Waals surface area contributed by atoms with E-state index in [1.807, 2.05) is 47.4 Å². The Kier molecular flexibility index (Phi) is 4.56. The largest absolute Gasteiger partial charge is 0.366 e. The molecular weight excluding hydrogens is 331 g/mol. The summed E-state index contributed by atoms with van der Waals surface area (Å²) in [6, 6.07) is 16.1. The van der Waals surface area contributed by atoms with Gasteiger partial charge in [-0.25, -0.2) is 4.39 Å². The molecule has 0 aromatic heterocycles. The van der Waals surface area contributed by atoms with Crippen molar-refractivity contribution in [1.82, 2.24) is 9.80 Å². The first-order valence-electron chi connectivity index (χ1n) is 8.90. The molecule has 1 amide bonds. The zero-order chi connectivity index (χ0) is 17.9. The second kappa shape index (κ2) is 7.15. The molecule has 0 radical (unpaired) electrons. The number of rotatable bonds is 2. The SMILES string of the molecule is O=C(c1ccccc1)N1CCN=C1N1CCN(c2ccccc2F)CC1. The molecule has 4 rings (SSSR count). The van der Waals surface area contributed by atoms with Gasteiger partial charge in [-0.05, 0) is 24.3 Å². The predicted octanol–water partition coefficient (Wildman–Crippen LogP) is 2.46. The molecule has 0 saturated carbocycles. The molecule has 1 saturated heterocycles. The number of carbonyl (C=O) groups excluding carboxylic acids is 1. The summed E-state index contributed by atoms with van der Waals surface area (Å²) in [4.78, 5) is 23.3. The number of aliphatic imine (C=N–C) groups is 1. The van der Waals surface area contributed by atoms with E-state index in [4.69, 9.17) is 0 Å². The number of para-hydroxylation sites is 1. The maximum absolute atomic E-state index is 14.0. The van der Waals surface area contributed by atoms with E-state index in [0.717, 1.165) is 5.96 Å². The van der Waals surface area contributed by atoms with Crippen molar-refractivity contribution >= 4 is 17.6 Å². The van der Waals surface area contributed by atoms with Gasteiger partial charge < -0.3 is 9.80 Å². The number of benzene rings is 2. The van der Waals surface area contributed by atoms with Gasteiger partial charge >= 0.3 is 0 Å². The van der Waals surface area contributed by atoms with Crippen LogP contribution < -0.4 is 4.90 Å². The van der Waals surface area contributed by atoms with Crippen LogP contribution >= 0.6 is 0 Å². The summed E-state index contributed by atoms with van der Waals surface area (Å²) in [5.74, 6) is 0.533. The number of nitrogens with zero attached hydrogens (tertiary/aromatic N) is 4. The Hall–Kier alpha value is -2.89. The fourth-order valence-electron chi connectivity index (χ4n) is 3.49. The minimum atomic E-state index is -0.194. The molecule has 0 atom stereocenters. The summed E-state index contributed by atoms with van der Waals surface area (Å²) in [6.07, 6.45) is 0. The lowest BCUT2D eigenvalue weighted by Gasteiger charge is -2.38. The van der Waals surface area contributed by atoms with Crippen LogP contribution in [0.25, 0.3) is 0 Å². The highest BCUT2D eigenvalue weighted by atomic mass is 19.1. The summed E-state index contributed by atoms with van der Waals surface area (Å²) in [7, 11) is 0. The Morgan fingerprint density at radius 2 is 1.50 bits per heavy atom. The molecule has 0 bridgehead atoms. The Morgan fingerprint density at radius 1 is 0.846 bits per heavy atom. The van der Waals surface area contributed by atoms with Gasteiger partial charge in [0.1, 0.15) is 5.82 Å². The van der Waals surface area contributed by atoms with Crippen LogP contribution in [0.5, 0.6) is 0 Å². The topological polar surface area (TPSA) is 39.2 Å². The van der Waals surface area contributed by atoms with Crippen molar-refractivity contribution in [3.05, 3.63) is 66.0 Å². The molecule has 0 unspecified atom stereocenters. The second-order valence-corrected chi connectivity index (χ2v) is 6.43. The van der Waals surface area contributed by atoms with Crippen molar-refractivity contribution in [2.45, 2.75) is 0 Å². The first-order valence-corrected chi connectivity index (χ1v) is 8.90. The van der Waals surface area contributed by atoms with Gasteiger partial charge in [-0.3, -0.25) is 14.7 Å². The van der Waals surface area contributed by atoms with Gasteiger partial charge in [-0.15, -0.1) is 0 Å². The van der Waals surface area contributed by atoms with Gasteiger partial charge in [0, 0.05) is 38.3 Å². The molecule has 2 aliphatic rings. The predicted molar refractivity (Wildman–Crippen MR) is 100.0 cm³/mol. The van der Waals surface area contributed by atoms with E-state index in [9.17, 15) is 9.18 Å². The average molecular weight is 352 g/mol. The highest BCUT2D eigenvalue weighted by Crippen LogP contribution is 2.21. The lowest BCUT2D eigenvalue weighted by molar-refractivity contribution is 0.0843. The molecule has 6 heteroatoms. The van der Waals surface area contributed by atoms with Gasteiger partial charge in [-0.2, -0.15) is 0 Å². The highest BCUT2D eigenvalue weighted by Gasteiger charge is 2.31. The summed E-state index contributed by atoms with van der Waals surface area (Å²) in [5.41, 5.74) is 1.31. The second-order valence-electron chi connectivity index (χ2n) is 6.43. The maximum Gasteiger partial charge on any atom is 0.260 e. The molecule has 0 aliphatic carbocycles. The van der Waals surface area contributed by atoms with Gasteiger partial charge in [0.15, 0.2) is 0 Å². The lowest BCUT2D eigenvalue weighted by atomic mass is 10.2. The zero-order valence-electron chi connectivity index (χ0n) is 14.5. The molecule has 2 aromatic carbocycles. The Balaban J connectivity index is 1.44. The van der Waals surface area contributed by atoms with Crippen molar-refractivity contribution in [3.63, 3.8) is 0 Å². The van der Waals surface area contributed by atoms with Crippen LogP contribution in [0.3, 0.4) is 0 Å². The Bertz CT molecular complexity index is 816. The van der Waals surface area contributed by atoms with Gasteiger partial charge in [0.05, 0.1) is 12.2 Å². The summed E-state index contributed by atoms with van der Waals surface area (Å²) in [5, 5.41) is 0. The zero-order valence-corrected chi connectivity index (χ0v) is 14.5. The van der Waals surface area contributed by atoms with Crippen LogP contribution in [0.2, 0.25) is 0 Å². The number of amides is 1. The number of piperazine rings is 1. The van der Waals surface area contributed by atoms with E-state index in [-0.39, 0.29) is 11.7 Å². The fourth-order valence-corrected chi connectivity index (χ4v) is 3.49. The van der Waals surface area contributed by atoms with Crippen molar-refractivity contribution in [2.24, 2.45) is 4.99 Å². The van der Waals surface area contributed by atoms with E-state index in [0.29, 0.717) is 50.5 Å². The minimum Gasteiger partial charge on any atom is -0.366 e. The summed E-state index contributed by atoms with van der Waals surface area (Å²) >= 11 is 0. The van der Waals surface area contributed by atoms with Crippen LogP contribution in [0, 0.1) is 5.82 Å². The van der Waals surface area contributed by atoms with E-state index in [1.54, 1.807) is 11.0 Å². The average Bonchev–Trinajstić information content (AvgIpc) is 3.18. The van der Waals surface area contributed by atoms with Crippen LogP contribution in [-0.2, 0) is 0 Å². The lowest BCUT2D eigenvalue weighted by Crippen LogP contribution is -2.53. The highest BCUT2D eigenvalue weighted by molar-refractivity contribution is 6.06. The van der Waals surface area contributed by atoms with Crippen LogP contribution in [0.1, 0.15) is 10.4 Å². The smallest absolute Gasteiger partial charge is 0.260 e. The van der Waals surface area contributed by atoms with Crippen LogP contribution in [0.15, 0.2) is 59.6 Å². The maximum atomic E-state index is 14.0. The number of guanidine groups is 1. The fraction of sp³-hybridized carbons (Fsp3) is 0.300. The van der Waals surface area contributed by atoms with Crippen molar-refractivity contribution in [3.8, 4) is 0 Å². The Morgan fingerprint density at radius 3 is 2.23 bits per heavy atom. The quantitative estimate of drug-likeness (QED) is 0.833. The molecule has 0 spiro atoms. The minimum absolute atomic E-state index is 0.0154. The van der Waals surface area contributed by atoms with Gasteiger partial charge in [0.2, 0.25) is 5.96 Å². The first-order chi connectivity index (χ1) is 12.7. The number of halogens is 1. The van der Waals surface area contributed by atoms with Crippen molar-refractivity contribution in [2.75, 3.05) is 44.2 Å². The molecule has 2 aliphatic heterocycles. The molecular formula is C20H21FN4O. The monoisotopic (exact) mass is 352 g/mol. The third-order valence-corrected chi connectivity index (χ3v) is 4.84. The van der Waals surface area contributed by atoms with Gasteiger partial charge in [-0.1, -0.05) is 30.3 Å². The van der Waals surface area contributed by atoms with Crippen molar-refractivity contribution < 1.29 is 9.18 Å². The molecule has 0 N–H and O–H groups in total. The standard InChI is InChI=1S/C20H21FN4O/c21-17-8-4-5-9-18(17)23-12-14-24(15-13-23)20-22-10-11-25(20)19(26)16-6-2-1-3-7-16/h1-9H,10-15H2. The summed E-state index contributed by atoms with van der Waals surface area (Å²) < 4.78 is 14.0. The number of anilines is 1. The number of hydrogen-bond donors (Lipinski definition) is 0. The Labute approximate surface area is 152 Å². The first kappa shape index (κ1) is 16.6. The molecule has 26 heavy (non-hydrogen) atoms. The van der Waals surface area contributed by atoms with Crippen LogP contribution in [0.4, 0.5) is 10.1 Å². The molecule has 2 aromatic rings. The number of carbonyl (C=O) groups is 1. The van der Waals surface area contributed by atoms with E-state index >= 15 is 0 Å². The van der Waals surface area contributed by atoms with E-state index in [2.05, 4.69) is 9.89 Å². The molecule has 5 nitrogen and oxygen atoms in total. The van der Waals surface area contributed by atoms with Crippen LogP contribution in [-0.4, -0.2) is 60.9 Å².